The molecule has 2 aromatic rings. The molecule has 3 heteroatoms. The first-order chi connectivity index (χ1) is 8.77. The second-order valence-corrected chi connectivity index (χ2v) is 4.00. The van der Waals surface area contributed by atoms with Crippen LogP contribution in [0.5, 0.6) is 0 Å². The minimum Gasteiger partial charge on any atom is -0.326 e. The van der Waals surface area contributed by atoms with Crippen molar-refractivity contribution in [3.8, 4) is 6.07 Å². The summed E-state index contributed by atoms with van der Waals surface area (Å²) in [7, 11) is 0. The van der Waals surface area contributed by atoms with E-state index in [1.165, 1.54) is 0 Å². The van der Waals surface area contributed by atoms with Gasteiger partial charge in [0, 0.05) is 12.1 Å². The predicted molar refractivity (Wildman–Crippen MR) is 71.1 cm³/mol. The number of carbonyl (C=O) groups excluding carboxylic acids is 1. The van der Waals surface area contributed by atoms with Gasteiger partial charge >= 0.3 is 0 Å². The van der Waals surface area contributed by atoms with E-state index in [4.69, 9.17) is 5.26 Å². The highest BCUT2D eigenvalue weighted by molar-refractivity contribution is 6.07. The Morgan fingerprint density at radius 3 is 2.67 bits per heavy atom. The van der Waals surface area contributed by atoms with Crippen LogP contribution in [0, 0.1) is 11.3 Å². The van der Waals surface area contributed by atoms with Crippen LogP contribution in [0.15, 0.2) is 42.5 Å². The molecule has 18 heavy (non-hydrogen) atoms. The number of benzene rings is 2. The fraction of sp³-hybridized carbons (Fsp3) is 0.200. The molecule has 0 N–H and O–H groups in total. The maximum absolute atomic E-state index is 12.4. The molecule has 0 bridgehead atoms. The van der Waals surface area contributed by atoms with Gasteiger partial charge in [0.05, 0.1) is 6.07 Å². The van der Waals surface area contributed by atoms with E-state index in [1.807, 2.05) is 55.5 Å². The fourth-order valence-corrected chi connectivity index (χ4v) is 1.99. The molecule has 0 unspecified atom stereocenters. The molecule has 0 fully saturated rings. The highest BCUT2D eigenvalue weighted by Gasteiger charge is 2.15. The van der Waals surface area contributed by atoms with Crippen LogP contribution in [0.4, 0.5) is 0 Å². The highest BCUT2D eigenvalue weighted by atomic mass is 16.2. The van der Waals surface area contributed by atoms with E-state index in [2.05, 4.69) is 0 Å². The molecular formula is C15H14N2O. The van der Waals surface area contributed by atoms with Gasteiger partial charge in [0.2, 0.25) is 0 Å². The van der Waals surface area contributed by atoms with E-state index in [1.54, 1.807) is 4.90 Å². The lowest BCUT2D eigenvalue weighted by Crippen LogP contribution is -2.31. The summed E-state index contributed by atoms with van der Waals surface area (Å²) in [5, 5.41) is 10.7. The summed E-state index contributed by atoms with van der Waals surface area (Å²) in [6.07, 6.45) is 0. The van der Waals surface area contributed by atoms with E-state index in [0.717, 1.165) is 10.8 Å². The average molecular weight is 238 g/mol. The van der Waals surface area contributed by atoms with Crippen LogP contribution in [0.25, 0.3) is 10.8 Å². The smallest absolute Gasteiger partial charge is 0.255 e. The molecule has 0 aliphatic rings. The zero-order valence-corrected chi connectivity index (χ0v) is 10.3. The highest BCUT2D eigenvalue weighted by Crippen LogP contribution is 2.19. The van der Waals surface area contributed by atoms with E-state index in [9.17, 15) is 4.79 Å². The van der Waals surface area contributed by atoms with Crippen LogP contribution in [0.2, 0.25) is 0 Å². The van der Waals surface area contributed by atoms with Crippen LogP contribution in [0.3, 0.4) is 0 Å². The van der Waals surface area contributed by atoms with Gasteiger partial charge in [0.25, 0.3) is 5.91 Å². The van der Waals surface area contributed by atoms with Crippen molar-refractivity contribution in [1.29, 1.82) is 5.26 Å². The quantitative estimate of drug-likeness (QED) is 0.772. The molecule has 3 nitrogen and oxygen atoms in total. The summed E-state index contributed by atoms with van der Waals surface area (Å²) in [6.45, 7) is 2.54. The van der Waals surface area contributed by atoms with Crippen LogP contribution in [-0.2, 0) is 0 Å². The fourth-order valence-electron chi connectivity index (χ4n) is 1.99. The number of amides is 1. The Kier molecular flexibility index (Phi) is 3.59. The van der Waals surface area contributed by atoms with Crippen molar-refractivity contribution in [2.45, 2.75) is 6.92 Å². The van der Waals surface area contributed by atoms with Crippen molar-refractivity contribution in [3.63, 3.8) is 0 Å². The van der Waals surface area contributed by atoms with Crippen molar-refractivity contribution in [3.05, 3.63) is 48.0 Å². The van der Waals surface area contributed by atoms with Crippen molar-refractivity contribution < 1.29 is 4.79 Å². The van der Waals surface area contributed by atoms with E-state index in [0.29, 0.717) is 12.1 Å². The second-order valence-electron chi connectivity index (χ2n) is 4.00. The third-order valence-electron chi connectivity index (χ3n) is 2.95. The van der Waals surface area contributed by atoms with Crippen molar-refractivity contribution >= 4 is 16.7 Å². The number of hydrogen-bond acceptors (Lipinski definition) is 2. The summed E-state index contributed by atoms with van der Waals surface area (Å²) in [6, 6.07) is 15.5. The van der Waals surface area contributed by atoms with Crippen LogP contribution < -0.4 is 0 Å². The molecule has 2 rings (SSSR count). The van der Waals surface area contributed by atoms with Gasteiger partial charge in [-0.15, -0.1) is 0 Å². The minimum atomic E-state index is -0.0872. The number of nitrogens with zero attached hydrogens (tertiary/aromatic N) is 2. The maximum atomic E-state index is 12.4. The lowest BCUT2D eigenvalue weighted by atomic mass is 10.0. The number of rotatable bonds is 3. The largest absolute Gasteiger partial charge is 0.326 e. The third kappa shape index (κ3) is 2.18. The van der Waals surface area contributed by atoms with Gasteiger partial charge in [-0.3, -0.25) is 4.79 Å². The molecule has 0 aromatic heterocycles. The van der Waals surface area contributed by atoms with Gasteiger partial charge in [-0.2, -0.15) is 5.26 Å². The SMILES string of the molecule is CCN(CC#N)C(=O)c1cccc2ccccc12. The Balaban J connectivity index is 2.48. The molecule has 0 atom stereocenters. The molecule has 0 saturated heterocycles. The van der Waals surface area contributed by atoms with Crippen LogP contribution in [-0.4, -0.2) is 23.9 Å². The van der Waals surface area contributed by atoms with Gasteiger partial charge in [0.15, 0.2) is 0 Å². The predicted octanol–water partition coefficient (Wildman–Crippen LogP) is 2.83. The van der Waals surface area contributed by atoms with Crippen LogP contribution >= 0.6 is 0 Å². The topological polar surface area (TPSA) is 44.1 Å². The second kappa shape index (κ2) is 5.33. The van der Waals surface area contributed by atoms with Gasteiger partial charge in [-0.05, 0) is 23.8 Å². The number of fused-ring (bicyclic) bond motifs is 1. The lowest BCUT2D eigenvalue weighted by molar-refractivity contribution is 0.0786. The van der Waals surface area contributed by atoms with Gasteiger partial charge < -0.3 is 4.90 Å². The summed E-state index contributed by atoms with van der Waals surface area (Å²) in [5.41, 5.74) is 0.658. The standard InChI is InChI=1S/C15H14N2O/c1-2-17(11-10-16)15(18)14-9-5-7-12-6-3-4-8-13(12)14/h3-9H,2,11H2,1H3. The zero-order chi connectivity index (χ0) is 13.0. The molecule has 1 amide bonds. The molecule has 0 radical (unpaired) electrons. The summed E-state index contributed by atoms with van der Waals surface area (Å²) < 4.78 is 0. The molecule has 0 heterocycles. The molecule has 0 saturated carbocycles. The minimum absolute atomic E-state index is 0.0872. The Bertz CT molecular complexity index is 608. The maximum Gasteiger partial charge on any atom is 0.255 e. The molecule has 0 aliphatic carbocycles. The van der Waals surface area contributed by atoms with Gasteiger partial charge in [0.1, 0.15) is 6.54 Å². The number of carbonyl (C=O) groups is 1. The lowest BCUT2D eigenvalue weighted by Gasteiger charge is -2.18. The Morgan fingerprint density at radius 2 is 1.94 bits per heavy atom. The van der Waals surface area contributed by atoms with Gasteiger partial charge in [-0.1, -0.05) is 36.4 Å². The van der Waals surface area contributed by atoms with E-state index >= 15 is 0 Å². The Hall–Kier alpha value is -2.34. The summed E-state index contributed by atoms with van der Waals surface area (Å²) >= 11 is 0. The molecule has 0 spiro atoms. The average Bonchev–Trinajstić information content (AvgIpc) is 2.43. The van der Waals surface area contributed by atoms with E-state index in [-0.39, 0.29) is 12.5 Å². The molecule has 2 aromatic carbocycles. The van der Waals surface area contributed by atoms with Crippen molar-refractivity contribution in [1.82, 2.24) is 4.90 Å². The normalized spacial score (nSPS) is 10.0. The Labute approximate surface area is 106 Å². The van der Waals surface area contributed by atoms with Crippen molar-refractivity contribution in [2.75, 3.05) is 13.1 Å². The first-order valence-corrected chi connectivity index (χ1v) is 5.92. The summed E-state index contributed by atoms with van der Waals surface area (Å²) in [5.74, 6) is -0.0872. The van der Waals surface area contributed by atoms with Crippen LogP contribution in [0.1, 0.15) is 17.3 Å². The third-order valence-corrected chi connectivity index (χ3v) is 2.95. The van der Waals surface area contributed by atoms with Crippen molar-refractivity contribution in [2.24, 2.45) is 0 Å². The monoisotopic (exact) mass is 238 g/mol. The summed E-state index contributed by atoms with van der Waals surface area (Å²) in [4.78, 5) is 13.9. The first-order valence-electron chi connectivity index (χ1n) is 5.92. The Morgan fingerprint density at radius 1 is 1.22 bits per heavy atom. The molecular weight excluding hydrogens is 224 g/mol. The number of nitriles is 1. The van der Waals surface area contributed by atoms with E-state index < -0.39 is 0 Å². The van der Waals surface area contributed by atoms with Gasteiger partial charge in [-0.25, -0.2) is 0 Å². The molecule has 0 aliphatic heterocycles. The number of hydrogen-bond donors (Lipinski definition) is 0. The molecule has 90 valence electrons. The zero-order valence-electron chi connectivity index (χ0n) is 10.3. The first kappa shape index (κ1) is 12.1.